The number of ether oxygens (including phenoxy) is 14. The molecule has 82 heavy (non-hydrogen) atoms. The van der Waals surface area contributed by atoms with E-state index in [2.05, 4.69) is 0 Å². The van der Waals surface area contributed by atoms with Crippen LogP contribution < -0.4 is 0 Å². The van der Waals surface area contributed by atoms with E-state index >= 15 is 0 Å². The zero-order chi connectivity index (χ0) is 58.2. The van der Waals surface area contributed by atoms with Gasteiger partial charge in [-0.2, -0.15) is 0 Å². The maximum atomic E-state index is 13.5. The predicted molar refractivity (Wildman–Crippen MR) is 261 cm³/mol. The highest BCUT2D eigenvalue weighted by Gasteiger charge is 2.98. The third-order valence-electron chi connectivity index (χ3n) is 25.6. The van der Waals surface area contributed by atoms with Gasteiger partial charge < -0.3 is 107 Å². The van der Waals surface area contributed by atoms with Gasteiger partial charge in [-0.15, -0.1) is 0 Å². The van der Waals surface area contributed by atoms with Crippen molar-refractivity contribution in [3.05, 3.63) is 24.7 Å². The lowest BCUT2D eigenvalue weighted by Gasteiger charge is -2.65. The summed E-state index contributed by atoms with van der Waals surface area (Å²) in [6, 6.07) is 0. The Morgan fingerprint density at radius 3 is 1.22 bits per heavy atom. The second kappa shape index (κ2) is 16.3. The maximum Gasteiger partial charge on any atom is 0.335 e. The molecule has 10 aliphatic heterocycles. The van der Waals surface area contributed by atoms with Crippen molar-refractivity contribution in [1.82, 2.24) is 0 Å². The lowest BCUT2D eigenvalue weighted by Crippen LogP contribution is -2.77. The molecule has 6 aliphatic carbocycles. The predicted octanol–water partition coefficient (Wildman–Crippen LogP) is -3.22. The number of carbonyl (C=O) groups excluding carboxylic acids is 4. The highest BCUT2D eigenvalue weighted by Crippen LogP contribution is 2.84. The van der Waals surface area contributed by atoms with E-state index in [9.17, 15) is 60.0 Å². The average molecular weight is 1160 g/mol. The van der Waals surface area contributed by atoms with Crippen LogP contribution in [0.3, 0.4) is 0 Å². The fourth-order valence-electron chi connectivity index (χ4n) is 22.5. The molecule has 0 amide bonds. The molecule has 10 heterocycles. The minimum absolute atomic E-state index is 0.156. The molecule has 0 unspecified atom stereocenters. The summed E-state index contributed by atoms with van der Waals surface area (Å²) in [6.45, 7) is 6.49. The molecule has 6 saturated carbocycles. The number of hydrogen-bond donors (Lipinski definition) is 8. The number of rotatable bonds is 6. The molecule has 0 radical (unpaired) electrons. The highest BCUT2D eigenvalue weighted by molar-refractivity contribution is 5.82. The van der Waals surface area contributed by atoms with Gasteiger partial charge in [0.1, 0.15) is 33.2 Å². The van der Waals surface area contributed by atoms with Crippen molar-refractivity contribution < 1.29 is 126 Å². The van der Waals surface area contributed by atoms with Crippen LogP contribution in [0.4, 0.5) is 0 Å². The van der Waals surface area contributed by atoms with E-state index in [0.717, 1.165) is 0 Å². The van der Waals surface area contributed by atoms with Gasteiger partial charge in [0.05, 0.1) is 128 Å². The van der Waals surface area contributed by atoms with Gasteiger partial charge in [-0.25, -0.2) is 9.59 Å². The number of fused-ring (bicyclic) bond motifs is 14. The summed E-state index contributed by atoms with van der Waals surface area (Å²) in [5.41, 5.74) is -16.2. The topological polar surface area (TPSA) is 366 Å². The van der Waals surface area contributed by atoms with E-state index in [0.29, 0.717) is 12.8 Å². The summed E-state index contributed by atoms with van der Waals surface area (Å²) in [5, 5.41) is 94.7. The quantitative estimate of drug-likeness (QED) is 0.0737. The van der Waals surface area contributed by atoms with Crippen molar-refractivity contribution >= 4 is 23.9 Å². The summed E-state index contributed by atoms with van der Waals surface area (Å²) in [4.78, 5) is 53.7. The van der Waals surface area contributed by atoms with Crippen molar-refractivity contribution in [2.24, 2.45) is 68.0 Å². The molecule has 8 N–H and O–H groups in total. The number of hydrogen-bond acceptors (Lipinski definition) is 26. The van der Waals surface area contributed by atoms with E-state index in [1.807, 2.05) is 13.8 Å². The number of carbonyl (C=O) groups is 4. The van der Waals surface area contributed by atoms with Gasteiger partial charge in [0, 0.05) is 70.0 Å². The molecule has 32 atom stereocenters. The molecule has 16 rings (SSSR count). The number of methoxy groups -OCH3 is 4. The lowest BCUT2D eigenvalue weighted by molar-refractivity contribution is -0.295. The first-order chi connectivity index (χ1) is 38.7. The van der Waals surface area contributed by atoms with E-state index in [4.69, 9.17) is 66.3 Å². The average Bonchev–Trinajstić information content (AvgIpc) is 1.81. The molecule has 4 bridgehead atoms. The summed E-state index contributed by atoms with van der Waals surface area (Å²) < 4.78 is 82.8. The third kappa shape index (κ3) is 5.28. The molecule has 0 aromatic heterocycles. The van der Waals surface area contributed by atoms with Crippen LogP contribution in [0.2, 0.25) is 0 Å². The molecule has 26 heteroatoms. The van der Waals surface area contributed by atoms with Crippen LogP contribution in [0.15, 0.2) is 24.7 Å². The second-order valence-electron chi connectivity index (χ2n) is 27.3. The largest absolute Gasteiger partial charge is 0.469 e. The van der Waals surface area contributed by atoms with Crippen molar-refractivity contribution in [3.63, 3.8) is 0 Å². The lowest BCUT2D eigenvalue weighted by atomic mass is 9.38. The molecular weight excluding hydrogens is 1090 g/mol. The number of epoxide rings is 2. The Hall–Kier alpha value is -3.68. The number of esters is 4. The minimum Gasteiger partial charge on any atom is -0.469 e. The van der Waals surface area contributed by atoms with Crippen molar-refractivity contribution in [2.75, 3.05) is 54.9 Å². The zero-order valence-electron chi connectivity index (χ0n) is 46.4. The first kappa shape index (κ1) is 54.9. The monoisotopic (exact) mass is 1160 g/mol. The first-order valence-corrected chi connectivity index (χ1v) is 28.4. The summed E-state index contributed by atoms with van der Waals surface area (Å²) in [5.74, 6) is -7.63. The van der Waals surface area contributed by atoms with Gasteiger partial charge in [0.15, 0.2) is 23.4 Å². The van der Waals surface area contributed by atoms with Crippen molar-refractivity contribution in [3.8, 4) is 0 Å². The Labute approximate surface area is 469 Å². The van der Waals surface area contributed by atoms with Crippen LogP contribution >= 0.6 is 0 Å². The summed E-state index contributed by atoms with van der Waals surface area (Å²) >= 11 is 0. The van der Waals surface area contributed by atoms with Gasteiger partial charge in [0.25, 0.3) is 0 Å². The molecule has 0 aromatic carbocycles. The van der Waals surface area contributed by atoms with E-state index < -0.39 is 211 Å². The fourth-order valence-corrected chi connectivity index (χ4v) is 22.5. The van der Waals surface area contributed by atoms with Crippen LogP contribution in [0.5, 0.6) is 0 Å². The van der Waals surface area contributed by atoms with Gasteiger partial charge >= 0.3 is 23.9 Å². The Morgan fingerprint density at radius 2 is 0.866 bits per heavy atom. The SMILES string of the molecule is COC(=O)[C@H]1OC[C@]23[C@@H]1[C@](C)([C@]14O[C@@]1(C)[C@H]1C[C@@H]4O[C@@H]4OC=C[C@@]41O)[C@H](O)[C@@H]1OC[C@](C(=O)OC)([C@H](O)C[C@@H]2O)[C@H]13.COC(=O)[C@H]1OC[C@]23[C@@H]1[C@](C)([C@]14O[C@@]1(C)[C@H]1C[C@@H]4O[C@@H]4OC=C[C@@]41O)[C@H](O)[C@@H]1OC[C@](C(=O)OC)([C@H](O)C[C@@H]2O)[C@H]13. The number of aliphatic hydroxyl groups is 8. The van der Waals surface area contributed by atoms with Crippen LogP contribution in [-0.2, 0) is 85.5 Å². The van der Waals surface area contributed by atoms with Gasteiger partial charge in [0.2, 0.25) is 12.6 Å². The molecule has 0 aromatic rings. The smallest absolute Gasteiger partial charge is 0.335 e. The zero-order valence-corrected chi connectivity index (χ0v) is 46.4. The van der Waals surface area contributed by atoms with Gasteiger partial charge in [-0.3, -0.25) is 9.59 Å². The normalized spacial score (nSPS) is 62.2. The van der Waals surface area contributed by atoms with E-state index in [-0.39, 0.29) is 39.3 Å². The minimum atomic E-state index is -1.61. The van der Waals surface area contributed by atoms with Crippen LogP contribution in [-0.4, -0.2) is 239 Å². The molecule has 8 saturated heterocycles. The second-order valence-corrected chi connectivity index (χ2v) is 27.3. The standard InChI is InChI=1S/2C28H36O13/c2*1-23(28-14-7-11(24(28,2)41-28)27(34)5-6-37-22(27)40-14)17-16(20(32)35-3)39-9-25(17)12(29)8-13(30)26(21(33)36-4)10-38-15(18(25)26)19(23)31/h2*5-6,11-19,22,29-31,34H,7-10H2,1-4H3/t2*11-,12+,13-,14+,15-,16+,17+,18-,19-,22+,23+,24+,25-,26+,27+,28+/m11/s1. The first-order valence-electron chi connectivity index (χ1n) is 28.4. The number of aliphatic hydroxyl groups excluding tert-OH is 6. The van der Waals surface area contributed by atoms with E-state index in [1.165, 1.54) is 41.0 Å². The fraction of sp³-hybridized carbons (Fsp3) is 0.857. The van der Waals surface area contributed by atoms with Crippen LogP contribution in [0.1, 0.15) is 53.4 Å². The van der Waals surface area contributed by atoms with Crippen molar-refractivity contribution in [1.29, 1.82) is 0 Å². The molecule has 16 aliphatic rings. The third-order valence-corrected chi connectivity index (χ3v) is 25.6. The van der Waals surface area contributed by atoms with Crippen LogP contribution in [0.25, 0.3) is 0 Å². The molecule has 2 spiro atoms. The molecular formula is C56H72O26. The highest BCUT2D eigenvalue weighted by atomic mass is 16.7. The van der Waals surface area contributed by atoms with E-state index in [1.54, 1.807) is 26.0 Å². The summed E-state index contributed by atoms with van der Waals surface area (Å²) in [6.07, 6.45) is -9.41. The summed E-state index contributed by atoms with van der Waals surface area (Å²) in [7, 11) is 4.90. The Morgan fingerprint density at radius 1 is 0.488 bits per heavy atom. The Bertz CT molecular complexity index is 2700. The van der Waals surface area contributed by atoms with Crippen molar-refractivity contribution in [2.45, 2.75) is 173 Å². The molecule has 452 valence electrons. The van der Waals surface area contributed by atoms with Crippen LogP contribution in [0, 0.1) is 68.0 Å². The molecule has 14 fully saturated rings. The van der Waals surface area contributed by atoms with Gasteiger partial charge in [-0.05, 0) is 38.8 Å². The van der Waals surface area contributed by atoms with Gasteiger partial charge in [-0.1, -0.05) is 13.8 Å². The Kier molecular flexibility index (Phi) is 10.9. The Balaban J connectivity index is 0.000000140. The molecule has 26 nitrogen and oxygen atoms in total. The maximum absolute atomic E-state index is 13.5.